The molecule has 0 aliphatic heterocycles. The van der Waals surface area contributed by atoms with Crippen LogP contribution in [-0.4, -0.2) is 12.3 Å². The van der Waals surface area contributed by atoms with Crippen LogP contribution < -0.4 is 0 Å². The number of aliphatic imine (C=N–C) groups is 1. The van der Waals surface area contributed by atoms with Crippen LogP contribution in [0.3, 0.4) is 0 Å². The van der Waals surface area contributed by atoms with Gasteiger partial charge < -0.3 is 0 Å². The van der Waals surface area contributed by atoms with Gasteiger partial charge in [-0.15, -0.1) is 0 Å². The van der Waals surface area contributed by atoms with E-state index in [-0.39, 0.29) is 0 Å². The molecule has 0 unspecified atom stereocenters. The van der Waals surface area contributed by atoms with E-state index in [1.165, 1.54) is 0 Å². The summed E-state index contributed by atoms with van der Waals surface area (Å²) in [5.41, 5.74) is 0. The normalized spacial score (nSPS) is 32.0. The molecule has 0 atom stereocenters. The maximum absolute atomic E-state index is 8.62. The Morgan fingerprint density at radius 1 is 1.36 bits per heavy atom. The van der Waals surface area contributed by atoms with Gasteiger partial charge in [-0.1, -0.05) is 0 Å². The minimum atomic E-state index is 0.304. The lowest BCUT2D eigenvalue weighted by Crippen LogP contribution is -2.15. The lowest BCUT2D eigenvalue weighted by atomic mass is 9.87. The molecule has 0 aromatic rings. The molecule has 0 bridgehead atoms. The van der Waals surface area contributed by atoms with Gasteiger partial charge in [-0.25, -0.2) is 0 Å². The molecule has 11 heavy (non-hydrogen) atoms. The highest BCUT2D eigenvalue weighted by molar-refractivity contribution is 5.53. The molecule has 60 valence electrons. The number of hydrogen-bond donors (Lipinski definition) is 0. The molecule has 1 saturated carbocycles. The number of hydrogen-bond acceptors (Lipinski definition) is 2. The van der Waals surface area contributed by atoms with Gasteiger partial charge in [0.2, 0.25) is 0 Å². The first-order chi connectivity index (χ1) is 5.36. The molecule has 0 heterocycles. The Balaban J connectivity index is 2.31. The van der Waals surface area contributed by atoms with Crippen LogP contribution in [0.2, 0.25) is 0 Å². The SMILES string of the molecule is CC=NC1CCC(C#N)CC1. The van der Waals surface area contributed by atoms with Crippen LogP contribution >= 0.6 is 0 Å². The summed E-state index contributed by atoms with van der Waals surface area (Å²) in [6.07, 6.45) is 6.15. The van der Waals surface area contributed by atoms with E-state index >= 15 is 0 Å². The molecule has 0 saturated heterocycles. The second-order valence-electron chi connectivity index (χ2n) is 3.04. The summed E-state index contributed by atoms with van der Waals surface area (Å²) in [4.78, 5) is 4.32. The third-order valence-corrected chi connectivity index (χ3v) is 2.24. The molecular weight excluding hydrogens is 136 g/mol. The zero-order valence-corrected chi connectivity index (χ0v) is 6.95. The fraction of sp³-hybridized carbons (Fsp3) is 0.778. The molecule has 1 aliphatic carbocycles. The molecule has 0 radical (unpaired) electrons. The monoisotopic (exact) mass is 150 g/mol. The summed E-state index contributed by atoms with van der Waals surface area (Å²) in [6, 6.07) is 2.82. The van der Waals surface area contributed by atoms with Crippen LogP contribution in [0.4, 0.5) is 0 Å². The summed E-state index contributed by atoms with van der Waals surface area (Å²) in [6.45, 7) is 1.95. The quantitative estimate of drug-likeness (QED) is 0.527. The van der Waals surface area contributed by atoms with E-state index in [1.54, 1.807) is 0 Å². The average molecular weight is 150 g/mol. The van der Waals surface area contributed by atoms with Crippen LogP contribution in [-0.2, 0) is 0 Å². The molecule has 1 aliphatic rings. The summed E-state index contributed by atoms with van der Waals surface area (Å²) in [5.74, 6) is 0.304. The summed E-state index contributed by atoms with van der Waals surface area (Å²) in [7, 11) is 0. The van der Waals surface area contributed by atoms with E-state index in [0.717, 1.165) is 25.7 Å². The largest absolute Gasteiger partial charge is 0.295 e. The van der Waals surface area contributed by atoms with E-state index in [4.69, 9.17) is 5.26 Å². The zero-order chi connectivity index (χ0) is 8.10. The van der Waals surface area contributed by atoms with Crippen molar-refractivity contribution in [3.8, 4) is 6.07 Å². The van der Waals surface area contributed by atoms with Gasteiger partial charge in [0.05, 0.1) is 6.07 Å². The number of rotatable bonds is 1. The first kappa shape index (κ1) is 8.26. The van der Waals surface area contributed by atoms with Crippen molar-refractivity contribution in [2.75, 3.05) is 0 Å². The zero-order valence-electron chi connectivity index (χ0n) is 6.95. The molecule has 2 heteroatoms. The molecule has 0 spiro atoms. The van der Waals surface area contributed by atoms with Crippen LogP contribution in [0.5, 0.6) is 0 Å². The van der Waals surface area contributed by atoms with Crippen LogP contribution in [0.25, 0.3) is 0 Å². The molecule has 2 nitrogen and oxygen atoms in total. The first-order valence-electron chi connectivity index (χ1n) is 4.24. The van der Waals surface area contributed by atoms with Crippen molar-refractivity contribution in [3.05, 3.63) is 0 Å². The highest BCUT2D eigenvalue weighted by Gasteiger charge is 2.19. The van der Waals surface area contributed by atoms with Crippen molar-refractivity contribution in [1.29, 1.82) is 5.26 Å². The lowest BCUT2D eigenvalue weighted by Gasteiger charge is -2.20. The Morgan fingerprint density at radius 2 is 2.00 bits per heavy atom. The standard InChI is InChI=1S/C9H14N2/c1-2-11-9-5-3-8(7-10)4-6-9/h2,8-9H,3-6H2,1H3. The first-order valence-corrected chi connectivity index (χ1v) is 4.24. The van der Waals surface area contributed by atoms with E-state index in [2.05, 4.69) is 11.1 Å². The van der Waals surface area contributed by atoms with E-state index < -0.39 is 0 Å². The fourth-order valence-electron chi connectivity index (χ4n) is 1.56. The summed E-state index contributed by atoms with van der Waals surface area (Å²) < 4.78 is 0. The Labute approximate surface area is 67.9 Å². The maximum atomic E-state index is 8.62. The minimum absolute atomic E-state index is 0.304. The summed E-state index contributed by atoms with van der Waals surface area (Å²) in [5, 5.41) is 8.62. The fourth-order valence-corrected chi connectivity index (χ4v) is 1.56. The number of nitrogens with zero attached hydrogens (tertiary/aromatic N) is 2. The van der Waals surface area contributed by atoms with Gasteiger partial charge in [0.15, 0.2) is 0 Å². The van der Waals surface area contributed by atoms with Crippen LogP contribution in [0.1, 0.15) is 32.6 Å². The van der Waals surface area contributed by atoms with Crippen molar-refractivity contribution in [2.45, 2.75) is 38.6 Å². The van der Waals surface area contributed by atoms with Gasteiger partial charge in [-0.3, -0.25) is 4.99 Å². The van der Waals surface area contributed by atoms with Gasteiger partial charge in [0.25, 0.3) is 0 Å². The Kier molecular flexibility index (Phi) is 3.10. The van der Waals surface area contributed by atoms with Crippen molar-refractivity contribution < 1.29 is 0 Å². The Hall–Kier alpha value is -0.840. The number of nitriles is 1. The summed E-state index contributed by atoms with van der Waals surface area (Å²) >= 11 is 0. The van der Waals surface area contributed by atoms with Gasteiger partial charge >= 0.3 is 0 Å². The van der Waals surface area contributed by atoms with Crippen LogP contribution in [0, 0.1) is 17.2 Å². The minimum Gasteiger partial charge on any atom is -0.295 e. The van der Waals surface area contributed by atoms with E-state index in [9.17, 15) is 0 Å². The van der Waals surface area contributed by atoms with E-state index in [1.807, 2.05) is 13.1 Å². The Bertz CT molecular complexity index is 170. The molecule has 1 fully saturated rings. The molecule has 1 rings (SSSR count). The van der Waals surface area contributed by atoms with Crippen molar-refractivity contribution in [1.82, 2.24) is 0 Å². The highest BCUT2D eigenvalue weighted by atomic mass is 14.8. The van der Waals surface area contributed by atoms with Crippen molar-refractivity contribution in [3.63, 3.8) is 0 Å². The van der Waals surface area contributed by atoms with Crippen molar-refractivity contribution >= 4 is 6.21 Å². The molecule has 0 amide bonds. The molecule has 0 aromatic heterocycles. The molecule has 0 aromatic carbocycles. The third kappa shape index (κ3) is 2.34. The van der Waals surface area contributed by atoms with Crippen molar-refractivity contribution in [2.24, 2.45) is 10.9 Å². The van der Waals surface area contributed by atoms with Gasteiger partial charge in [-0.2, -0.15) is 5.26 Å². The second kappa shape index (κ2) is 4.12. The molecule has 0 N–H and O–H groups in total. The average Bonchev–Trinajstić information content (AvgIpc) is 2.07. The van der Waals surface area contributed by atoms with Gasteiger partial charge in [0.1, 0.15) is 0 Å². The highest BCUT2D eigenvalue weighted by Crippen LogP contribution is 2.25. The third-order valence-electron chi connectivity index (χ3n) is 2.24. The van der Waals surface area contributed by atoms with Crippen LogP contribution in [0.15, 0.2) is 4.99 Å². The lowest BCUT2D eigenvalue weighted by molar-refractivity contribution is 0.384. The maximum Gasteiger partial charge on any atom is 0.0655 e. The van der Waals surface area contributed by atoms with Gasteiger partial charge in [0, 0.05) is 12.0 Å². The predicted octanol–water partition coefficient (Wildman–Crippen LogP) is 2.16. The predicted molar refractivity (Wildman–Crippen MR) is 45.5 cm³/mol. The smallest absolute Gasteiger partial charge is 0.0655 e. The Morgan fingerprint density at radius 3 is 2.45 bits per heavy atom. The van der Waals surface area contributed by atoms with Gasteiger partial charge in [-0.05, 0) is 38.8 Å². The second-order valence-corrected chi connectivity index (χ2v) is 3.04. The topological polar surface area (TPSA) is 36.1 Å². The molecular formula is C9H14N2. The van der Waals surface area contributed by atoms with E-state index in [0.29, 0.717) is 12.0 Å².